The van der Waals surface area contributed by atoms with Crippen LogP contribution in [-0.2, 0) is 0 Å². The molecule has 3 rings (SSSR count). The molecular weight excluding hydrogens is 264 g/mol. The van der Waals surface area contributed by atoms with E-state index in [0.717, 1.165) is 29.6 Å². The van der Waals surface area contributed by atoms with Crippen molar-refractivity contribution >= 4 is 0 Å². The Morgan fingerprint density at radius 2 is 1.32 bits per heavy atom. The van der Waals surface area contributed by atoms with Crippen molar-refractivity contribution < 1.29 is 0 Å². The van der Waals surface area contributed by atoms with Gasteiger partial charge in [-0.2, -0.15) is 0 Å². The number of rotatable bonds is 4. The molecule has 0 N–H and O–H groups in total. The standard InChI is InChI=1S/C22H40/c1-17-4-8-19(9-5-17)12-14-22(3)15-13-21(16-22)20-10-6-18(2)7-11-20/h17-21H,4-16H2,1-3H3. The Bertz CT molecular complexity index is 330. The van der Waals surface area contributed by atoms with Crippen LogP contribution in [0, 0.1) is 35.0 Å². The van der Waals surface area contributed by atoms with Gasteiger partial charge in [0.05, 0.1) is 0 Å². The molecule has 0 nitrogen and oxygen atoms in total. The average Bonchev–Trinajstić information content (AvgIpc) is 2.90. The maximum absolute atomic E-state index is 2.63. The third kappa shape index (κ3) is 4.30. The Balaban J connectivity index is 1.42. The number of hydrogen-bond acceptors (Lipinski definition) is 0. The lowest BCUT2D eigenvalue weighted by Gasteiger charge is -2.33. The maximum Gasteiger partial charge on any atom is -0.0323 e. The monoisotopic (exact) mass is 304 g/mol. The first-order valence-electron chi connectivity index (χ1n) is 10.5. The zero-order valence-corrected chi connectivity index (χ0v) is 15.6. The normalized spacial score (nSPS) is 46.8. The van der Waals surface area contributed by atoms with Crippen LogP contribution in [0.4, 0.5) is 0 Å². The second-order valence-electron chi connectivity index (χ2n) is 10.00. The molecule has 0 aromatic heterocycles. The highest BCUT2D eigenvalue weighted by atomic mass is 14.4. The molecule has 0 aliphatic heterocycles. The van der Waals surface area contributed by atoms with E-state index >= 15 is 0 Å². The largest absolute Gasteiger partial charge is 0.0625 e. The summed E-state index contributed by atoms with van der Waals surface area (Å²) in [4.78, 5) is 0. The molecule has 0 heterocycles. The molecule has 0 amide bonds. The second-order valence-corrected chi connectivity index (χ2v) is 10.00. The van der Waals surface area contributed by atoms with Crippen molar-refractivity contribution in [2.24, 2.45) is 35.0 Å². The minimum atomic E-state index is 0.705. The van der Waals surface area contributed by atoms with E-state index in [2.05, 4.69) is 20.8 Å². The molecule has 3 aliphatic rings. The summed E-state index contributed by atoms with van der Waals surface area (Å²) in [6.07, 6.45) is 19.9. The van der Waals surface area contributed by atoms with Crippen molar-refractivity contribution in [2.75, 3.05) is 0 Å². The number of hydrogen-bond donors (Lipinski definition) is 0. The van der Waals surface area contributed by atoms with E-state index in [9.17, 15) is 0 Å². The third-order valence-corrected chi connectivity index (χ3v) is 7.89. The molecule has 3 fully saturated rings. The van der Waals surface area contributed by atoms with Crippen molar-refractivity contribution in [3.63, 3.8) is 0 Å². The Hall–Kier alpha value is 0. The summed E-state index contributed by atoms with van der Waals surface area (Å²) in [6.45, 7) is 7.54. The van der Waals surface area contributed by atoms with Crippen LogP contribution < -0.4 is 0 Å². The Kier molecular flexibility index (Phi) is 5.56. The van der Waals surface area contributed by atoms with Gasteiger partial charge in [0.25, 0.3) is 0 Å². The van der Waals surface area contributed by atoms with Gasteiger partial charge in [0, 0.05) is 0 Å². The van der Waals surface area contributed by atoms with Crippen LogP contribution in [0.1, 0.15) is 104 Å². The lowest BCUT2D eigenvalue weighted by atomic mass is 9.72. The van der Waals surface area contributed by atoms with E-state index in [4.69, 9.17) is 0 Å². The summed E-state index contributed by atoms with van der Waals surface area (Å²) in [5.41, 5.74) is 0.705. The van der Waals surface area contributed by atoms with Crippen LogP contribution in [-0.4, -0.2) is 0 Å². The molecule has 3 saturated carbocycles. The molecule has 0 spiro atoms. The van der Waals surface area contributed by atoms with Crippen LogP contribution in [0.2, 0.25) is 0 Å². The van der Waals surface area contributed by atoms with Gasteiger partial charge < -0.3 is 0 Å². The molecule has 0 saturated heterocycles. The molecule has 128 valence electrons. The van der Waals surface area contributed by atoms with E-state index < -0.39 is 0 Å². The molecule has 0 radical (unpaired) electrons. The Morgan fingerprint density at radius 3 is 1.95 bits per heavy atom. The predicted octanol–water partition coefficient (Wildman–Crippen LogP) is 7.23. The van der Waals surface area contributed by atoms with Gasteiger partial charge in [-0.05, 0) is 80.0 Å². The molecule has 2 unspecified atom stereocenters. The molecule has 0 aromatic carbocycles. The van der Waals surface area contributed by atoms with Crippen LogP contribution in [0.3, 0.4) is 0 Å². The minimum absolute atomic E-state index is 0.705. The Labute approximate surface area is 139 Å². The van der Waals surface area contributed by atoms with E-state index in [1.54, 1.807) is 25.7 Å². The highest BCUT2D eigenvalue weighted by molar-refractivity contribution is 4.90. The summed E-state index contributed by atoms with van der Waals surface area (Å²) in [5.74, 6) is 5.27. The summed E-state index contributed by atoms with van der Waals surface area (Å²) in [5, 5.41) is 0. The zero-order chi connectivity index (χ0) is 15.6. The predicted molar refractivity (Wildman–Crippen MR) is 96.9 cm³/mol. The summed E-state index contributed by atoms with van der Waals surface area (Å²) >= 11 is 0. The highest BCUT2D eigenvalue weighted by Crippen LogP contribution is 2.51. The summed E-state index contributed by atoms with van der Waals surface area (Å²) in [7, 11) is 0. The van der Waals surface area contributed by atoms with Crippen LogP contribution >= 0.6 is 0 Å². The van der Waals surface area contributed by atoms with E-state index in [1.807, 2.05) is 0 Å². The molecule has 0 heteroatoms. The fourth-order valence-electron chi connectivity index (χ4n) is 5.93. The van der Waals surface area contributed by atoms with Gasteiger partial charge in [-0.25, -0.2) is 0 Å². The lowest BCUT2D eigenvalue weighted by Crippen LogP contribution is -2.21. The smallest absolute Gasteiger partial charge is 0.0323 e. The maximum atomic E-state index is 2.63. The average molecular weight is 305 g/mol. The fraction of sp³-hybridized carbons (Fsp3) is 1.00. The molecule has 0 aromatic rings. The molecule has 0 bridgehead atoms. The van der Waals surface area contributed by atoms with Crippen LogP contribution in [0.15, 0.2) is 0 Å². The van der Waals surface area contributed by atoms with Crippen molar-refractivity contribution in [1.82, 2.24) is 0 Å². The molecule has 22 heavy (non-hydrogen) atoms. The first kappa shape index (κ1) is 16.8. The van der Waals surface area contributed by atoms with E-state index in [-0.39, 0.29) is 0 Å². The molecule has 3 aliphatic carbocycles. The van der Waals surface area contributed by atoms with Crippen LogP contribution in [0.5, 0.6) is 0 Å². The first-order valence-corrected chi connectivity index (χ1v) is 10.5. The van der Waals surface area contributed by atoms with Gasteiger partial charge in [0.2, 0.25) is 0 Å². The minimum Gasteiger partial charge on any atom is -0.0625 e. The first-order chi connectivity index (χ1) is 10.5. The van der Waals surface area contributed by atoms with Gasteiger partial charge in [0.15, 0.2) is 0 Å². The third-order valence-electron chi connectivity index (χ3n) is 7.89. The lowest BCUT2D eigenvalue weighted by molar-refractivity contribution is 0.183. The van der Waals surface area contributed by atoms with Crippen molar-refractivity contribution in [1.29, 1.82) is 0 Å². The summed E-state index contributed by atoms with van der Waals surface area (Å²) < 4.78 is 0. The van der Waals surface area contributed by atoms with Crippen LogP contribution in [0.25, 0.3) is 0 Å². The van der Waals surface area contributed by atoms with E-state index in [0.29, 0.717) is 5.41 Å². The molecular formula is C22H40. The van der Waals surface area contributed by atoms with Crippen molar-refractivity contribution in [3.8, 4) is 0 Å². The van der Waals surface area contributed by atoms with Crippen molar-refractivity contribution in [2.45, 2.75) is 104 Å². The van der Waals surface area contributed by atoms with Gasteiger partial charge in [-0.1, -0.05) is 59.3 Å². The fourth-order valence-corrected chi connectivity index (χ4v) is 5.93. The van der Waals surface area contributed by atoms with E-state index in [1.165, 1.54) is 57.8 Å². The van der Waals surface area contributed by atoms with Crippen molar-refractivity contribution in [3.05, 3.63) is 0 Å². The Morgan fingerprint density at radius 1 is 0.727 bits per heavy atom. The highest BCUT2D eigenvalue weighted by Gasteiger charge is 2.39. The van der Waals surface area contributed by atoms with Gasteiger partial charge in [-0.3, -0.25) is 0 Å². The second kappa shape index (κ2) is 7.27. The topological polar surface area (TPSA) is 0 Å². The summed E-state index contributed by atoms with van der Waals surface area (Å²) in [6, 6.07) is 0. The van der Waals surface area contributed by atoms with Gasteiger partial charge in [0.1, 0.15) is 0 Å². The molecule has 2 atom stereocenters. The van der Waals surface area contributed by atoms with Gasteiger partial charge in [-0.15, -0.1) is 0 Å². The SMILES string of the molecule is CC1CCC(CCC2(C)CCC(C3CCC(C)CC3)C2)CC1. The quantitative estimate of drug-likeness (QED) is 0.514. The zero-order valence-electron chi connectivity index (χ0n) is 15.6. The van der Waals surface area contributed by atoms with Gasteiger partial charge >= 0.3 is 0 Å².